The van der Waals surface area contributed by atoms with E-state index in [9.17, 15) is 13.6 Å². The summed E-state index contributed by atoms with van der Waals surface area (Å²) in [5.74, 6) is -1.05. The molecule has 0 N–H and O–H groups in total. The number of likely N-dealkylation sites (tertiary alicyclic amines) is 1. The summed E-state index contributed by atoms with van der Waals surface area (Å²) < 4.78 is 26.5. The molecule has 1 unspecified atom stereocenters. The molecule has 1 fully saturated rings. The average molecular weight is 339 g/mol. The Labute approximate surface area is 136 Å². The van der Waals surface area contributed by atoms with Gasteiger partial charge in [0.15, 0.2) is 0 Å². The molecule has 2 heterocycles. The van der Waals surface area contributed by atoms with E-state index < -0.39 is 11.6 Å². The Bertz CT molecular complexity index is 660. The third-order valence-electron chi connectivity index (χ3n) is 3.69. The zero-order valence-electron chi connectivity index (χ0n) is 11.8. The van der Waals surface area contributed by atoms with Gasteiger partial charge in [0.2, 0.25) is 5.91 Å². The van der Waals surface area contributed by atoms with Gasteiger partial charge in [0.25, 0.3) is 0 Å². The van der Waals surface area contributed by atoms with Gasteiger partial charge < -0.3 is 4.90 Å². The second-order valence-electron chi connectivity index (χ2n) is 5.12. The number of hydrogen-bond donors (Lipinski definition) is 0. The molecule has 0 bridgehead atoms. The summed E-state index contributed by atoms with van der Waals surface area (Å²) in [7, 11) is 0. The van der Waals surface area contributed by atoms with Gasteiger partial charge in [-0.25, -0.2) is 8.78 Å². The zero-order chi connectivity index (χ0) is 15.5. The first kappa shape index (κ1) is 15.5. The molecule has 1 aliphatic rings. The monoisotopic (exact) mass is 339 g/mol. The van der Waals surface area contributed by atoms with E-state index in [1.54, 1.807) is 11.3 Å². The SMILES string of the molecule is O=C(CSc1ccc(F)cc1F)N1CCCC1c1cccs1. The summed E-state index contributed by atoms with van der Waals surface area (Å²) in [6, 6.07) is 7.61. The number of hydrogen-bond acceptors (Lipinski definition) is 3. The number of thioether (sulfide) groups is 1. The van der Waals surface area contributed by atoms with Crippen LogP contribution in [0.5, 0.6) is 0 Å². The minimum Gasteiger partial charge on any atom is -0.334 e. The fourth-order valence-electron chi connectivity index (χ4n) is 2.66. The van der Waals surface area contributed by atoms with Crippen molar-refractivity contribution in [3.63, 3.8) is 0 Å². The van der Waals surface area contributed by atoms with Crippen LogP contribution in [0, 0.1) is 11.6 Å². The zero-order valence-corrected chi connectivity index (χ0v) is 13.4. The number of rotatable bonds is 4. The molecule has 0 aliphatic carbocycles. The Morgan fingerprint density at radius 1 is 1.36 bits per heavy atom. The van der Waals surface area contributed by atoms with E-state index in [-0.39, 0.29) is 17.7 Å². The van der Waals surface area contributed by atoms with Crippen LogP contribution in [0.15, 0.2) is 40.6 Å². The Kier molecular flexibility index (Phi) is 4.78. The lowest BCUT2D eigenvalue weighted by atomic mass is 10.2. The van der Waals surface area contributed by atoms with Crippen molar-refractivity contribution in [1.29, 1.82) is 0 Å². The van der Waals surface area contributed by atoms with Crippen LogP contribution < -0.4 is 0 Å². The molecule has 2 aromatic rings. The number of amides is 1. The minimum atomic E-state index is -0.617. The van der Waals surface area contributed by atoms with Crippen molar-refractivity contribution in [3.05, 3.63) is 52.2 Å². The summed E-state index contributed by atoms with van der Waals surface area (Å²) in [6.45, 7) is 0.744. The van der Waals surface area contributed by atoms with Crippen LogP contribution in [0.2, 0.25) is 0 Å². The molecular weight excluding hydrogens is 324 g/mol. The van der Waals surface area contributed by atoms with Crippen LogP contribution in [-0.4, -0.2) is 23.1 Å². The number of nitrogens with zero attached hydrogens (tertiary/aromatic N) is 1. The molecule has 116 valence electrons. The summed E-state index contributed by atoms with van der Waals surface area (Å²) in [5, 5.41) is 2.01. The first-order valence-electron chi connectivity index (χ1n) is 7.06. The number of benzene rings is 1. The van der Waals surface area contributed by atoms with Crippen LogP contribution >= 0.6 is 23.1 Å². The quantitative estimate of drug-likeness (QED) is 0.766. The van der Waals surface area contributed by atoms with Crippen molar-refractivity contribution in [1.82, 2.24) is 4.90 Å². The van der Waals surface area contributed by atoms with Crippen molar-refractivity contribution in [2.45, 2.75) is 23.8 Å². The largest absolute Gasteiger partial charge is 0.334 e. The molecule has 1 saturated heterocycles. The van der Waals surface area contributed by atoms with Gasteiger partial charge in [-0.3, -0.25) is 4.79 Å². The molecule has 6 heteroatoms. The minimum absolute atomic E-state index is 0.00428. The van der Waals surface area contributed by atoms with Crippen molar-refractivity contribution in [3.8, 4) is 0 Å². The van der Waals surface area contributed by atoms with Crippen molar-refractivity contribution in [2.24, 2.45) is 0 Å². The molecule has 0 saturated carbocycles. The lowest BCUT2D eigenvalue weighted by Gasteiger charge is -2.23. The lowest BCUT2D eigenvalue weighted by Crippen LogP contribution is -2.31. The normalized spacial score (nSPS) is 17.9. The van der Waals surface area contributed by atoms with Gasteiger partial charge in [-0.15, -0.1) is 23.1 Å². The van der Waals surface area contributed by atoms with E-state index in [1.165, 1.54) is 17.0 Å². The van der Waals surface area contributed by atoms with E-state index in [4.69, 9.17) is 0 Å². The van der Waals surface area contributed by atoms with Gasteiger partial charge in [-0.1, -0.05) is 6.07 Å². The fourth-order valence-corrected chi connectivity index (χ4v) is 4.34. The molecule has 0 radical (unpaired) electrons. The summed E-state index contributed by atoms with van der Waals surface area (Å²) >= 11 is 2.78. The molecule has 1 aromatic carbocycles. The molecule has 2 nitrogen and oxygen atoms in total. The third kappa shape index (κ3) is 3.33. The third-order valence-corrected chi connectivity index (χ3v) is 5.70. The van der Waals surface area contributed by atoms with Crippen molar-refractivity contribution >= 4 is 29.0 Å². The summed E-state index contributed by atoms with van der Waals surface area (Å²) in [6.07, 6.45) is 1.96. The number of carbonyl (C=O) groups is 1. The Hall–Kier alpha value is -1.40. The second kappa shape index (κ2) is 6.79. The Morgan fingerprint density at radius 3 is 2.95 bits per heavy atom. The van der Waals surface area contributed by atoms with E-state index in [0.29, 0.717) is 4.90 Å². The summed E-state index contributed by atoms with van der Waals surface area (Å²) in [4.78, 5) is 15.8. The molecule has 1 aromatic heterocycles. The average Bonchev–Trinajstić information content (AvgIpc) is 3.16. The van der Waals surface area contributed by atoms with Gasteiger partial charge >= 0.3 is 0 Å². The molecule has 1 atom stereocenters. The Balaban J connectivity index is 1.64. The van der Waals surface area contributed by atoms with E-state index in [2.05, 4.69) is 0 Å². The van der Waals surface area contributed by atoms with Gasteiger partial charge in [0, 0.05) is 22.4 Å². The maximum absolute atomic E-state index is 13.6. The van der Waals surface area contributed by atoms with Crippen LogP contribution in [0.3, 0.4) is 0 Å². The highest BCUT2D eigenvalue weighted by Crippen LogP contribution is 2.35. The number of carbonyl (C=O) groups excluding carboxylic acids is 1. The van der Waals surface area contributed by atoms with E-state index >= 15 is 0 Å². The van der Waals surface area contributed by atoms with E-state index in [1.807, 2.05) is 22.4 Å². The van der Waals surface area contributed by atoms with Gasteiger partial charge in [0.1, 0.15) is 11.6 Å². The first-order chi connectivity index (χ1) is 10.6. The predicted molar refractivity (Wildman–Crippen MR) is 85.1 cm³/mol. The molecule has 1 amide bonds. The van der Waals surface area contributed by atoms with Crippen LogP contribution in [0.25, 0.3) is 0 Å². The molecule has 1 aliphatic heterocycles. The van der Waals surface area contributed by atoms with Crippen LogP contribution in [-0.2, 0) is 4.79 Å². The summed E-state index contributed by atoms with van der Waals surface area (Å²) in [5.41, 5.74) is 0. The number of thiophene rings is 1. The Morgan fingerprint density at radius 2 is 2.23 bits per heavy atom. The molecule has 0 spiro atoms. The van der Waals surface area contributed by atoms with E-state index in [0.717, 1.165) is 37.2 Å². The maximum Gasteiger partial charge on any atom is 0.233 e. The first-order valence-corrected chi connectivity index (χ1v) is 8.92. The molecule has 22 heavy (non-hydrogen) atoms. The standard InChI is InChI=1S/C16H15F2NOS2/c17-11-5-6-14(12(18)9-11)22-10-16(20)19-7-1-3-13(19)15-4-2-8-21-15/h2,4-6,8-9,13H,1,3,7,10H2. The smallest absolute Gasteiger partial charge is 0.233 e. The van der Waals surface area contributed by atoms with Gasteiger partial charge in [-0.05, 0) is 36.4 Å². The van der Waals surface area contributed by atoms with Crippen molar-refractivity contribution < 1.29 is 13.6 Å². The van der Waals surface area contributed by atoms with Gasteiger partial charge in [0.05, 0.1) is 11.8 Å². The van der Waals surface area contributed by atoms with Gasteiger partial charge in [-0.2, -0.15) is 0 Å². The highest BCUT2D eigenvalue weighted by atomic mass is 32.2. The van der Waals surface area contributed by atoms with Crippen LogP contribution in [0.1, 0.15) is 23.8 Å². The highest BCUT2D eigenvalue weighted by molar-refractivity contribution is 8.00. The van der Waals surface area contributed by atoms with Crippen molar-refractivity contribution in [2.75, 3.05) is 12.3 Å². The number of halogens is 2. The molecule has 3 rings (SSSR count). The fraction of sp³-hybridized carbons (Fsp3) is 0.312. The lowest BCUT2D eigenvalue weighted by molar-refractivity contribution is -0.129. The topological polar surface area (TPSA) is 20.3 Å². The molecular formula is C16H15F2NOS2. The predicted octanol–water partition coefficient (Wildman–Crippen LogP) is 4.48. The van der Waals surface area contributed by atoms with Crippen LogP contribution in [0.4, 0.5) is 8.78 Å². The maximum atomic E-state index is 13.6. The highest BCUT2D eigenvalue weighted by Gasteiger charge is 2.30. The second-order valence-corrected chi connectivity index (χ2v) is 7.12.